The molecule has 0 aliphatic heterocycles. The van der Waals surface area contributed by atoms with Crippen LogP contribution in [0.2, 0.25) is 5.02 Å². The van der Waals surface area contributed by atoms with Crippen LogP contribution in [-0.2, 0) is 16.0 Å². The Morgan fingerprint density at radius 1 is 1.23 bits per heavy atom. The SMILES string of the molecule is Cc1nn(-c2ccc(Cl)cc2)c(C)c1CC(=O)N(CCC(=O)O)C(C)C. The van der Waals surface area contributed by atoms with Crippen molar-refractivity contribution in [3.05, 3.63) is 46.2 Å². The molecule has 1 N–H and O–H groups in total. The maximum absolute atomic E-state index is 12.7. The van der Waals surface area contributed by atoms with Crippen LogP contribution in [0, 0.1) is 13.8 Å². The minimum Gasteiger partial charge on any atom is -0.481 e. The molecular formula is C19H24ClN3O3. The molecule has 0 bridgehead atoms. The Balaban J connectivity index is 2.24. The minimum absolute atomic E-state index is 0.0613. The molecule has 1 heterocycles. The van der Waals surface area contributed by atoms with E-state index in [1.807, 2.05) is 39.8 Å². The monoisotopic (exact) mass is 377 g/mol. The van der Waals surface area contributed by atoms with Crippen molar-refractivity contribution in [2.75, 3.05) is 6.54 Å². The number of hydrogen-bond acceptors (Lipinski definition) is 3. The van der Waals surface area contributed by atoms with E-state index in [1.165, 1.54) is 0 Å². The lowest BCUT2D eigenvalue weighted by Gasteiger charge is -2.26. The molecule has 0 fully saturated rings. The molecule has 0 radical (unpaired) electrons. The van der Waals surface area contributed by atoms with Crippen molar-refractivity contribution in [3.63, 3.8) is 0 Å². The standard InChI is InChI=1S/C19H24ClN3O3/c1-12(2)22(10-9-19(25)26)18(24)11-17-13(3)21-23(14(17)4)16-7-5-15(20)6-8-16/h5-8,12H,9-11H2,1-4H3,(H,25,26). The van der Waals surface area contributed by atoms with E-state index in [9.17, 15) is 9.59 Å². The average molecular weight is 378 g/mol. The first-order valence-electron chi connectivity index (χ1n) is 8.53. The van der Waals surface area contributed by atoms with Gasteiger partial charge in [0, 0.05) is 28.9 Å². The molecule has 26 heavy (non-hydrogen) atoms. The number of carbonyl (C=O) groups excluding carboxylic acids is 1. The highest BCUT2D eigenvalue weighted by atomic mass is 35.5. The predicted molar refractivity (Wildman–Crippen MR) is 101 cm³/mol. The number of halogens is 1. The second-order valence-electron chi connectivity index (χ2n) is 6.54. The second-order valence-corrected chi connectivity index (χ2v) is 6.98. The fourth-order valence-electron chi connectivity index (χ4n) is 2.90. The number of aromatic nitrogens is 2. The molecule has 140 valence electrons. The summed E-state index contributed by atoms with van der Waals surface area (Å²) < 4.78 is 1.80. The smallest absolute Gasteiger partial charge is 0.305 e. The first-order chi connectivity index (χ1) is 12.2. The molecule has 0 aliphatic rings. The lowest BCUT2D eigenvalue weighted by atomic mass is 10.1. The van der Waals surface area contributed by atoms with Crippen LogP contribution in [0.15, 0.2) is 24.3 Å². The minimum atomic E-state index is -0.911. The average Bonchev–Trinajstić information content (AvgIpc) is 2.83. The van der Waals surface area contributed by atoms with Gasteiger partial charge in [-0.25, -0.2) is 4.68 Å². The summed E-state index contributed by atoms with van der Waals surface area (Å²) in [6, 6.07) is 7.28. The van der Waals surface area contributed by atoms with Gasteiger partial charge in [0.2, 0.25) is 5.91 Å². The van der Waals surface area contributed by atoms with Crippen molar-refractivity contribution in [3.8, 4) is 5.69 Å². The molecular weight excluding hydrogens is 354 g/mol. The number of carbonyl (C=O) groups is 2. The second kappa shape index (κ2) is 8.36. The summed E-state index contributed by atoms with van der Waals surface area (Å²) >= 11 is 5.94. The highest BCUT2D eigenvalue weighted by Gasteiger charge is 2.22. The molecule has 2 rings (SSSR count). The zero-order chi connectivity index (χ0) is 19.4. The quantitative estimate of drug-likeness (QED) is 0.802. The maximum Gasteiger partial charge on any atom is 0.305 e. The molecule has 6 nitrogen and oxygen atoms in total. The Morgan fingerprint density at radius 3 is 2.38 bits per heavy atom. The van der Waals surface area contributed by atoms with Crippen molar-refractivity contribution < 1.29 is 14.7 Å². The highest BCUT2D eigenvalue weighted by molar-refractivity contribution is 6.30. The van der Waals surface area contributed by atoms with Gasteiger partial charge in [0.1, 0.15) is 0 Å². The first-order valence-corrected chi connectivity index (χ1v) is 8.90. The third-order valence-corrected chi connectivity index (χ3v) is 4.60. The Morgan fingerprint density at radius 2 is 1.85 bits per heavy atom. The van der Waals surface area contributed by atoms with Crippen LogP contribution in [0.25, 0.3) is 5.69 Å². The van der Waals surface area contributed by atoms with E-state index in [0.29, 0.717) is 5.02 Å². The van der Waals surface area contributed by atoms with Gasteiger partial charge in [0.25, 0.3) is 0 Å². The summed E-state index contributed by atoms with van der Waals surface area (Å²) in [6.45, 7) is 7.77. The van der Waals surface area contributed by atoms with Crippen LogP contribution in [-0.4, -0.2) is 44.3 Å². The Hall–Kier alpha value is -2.34. The van der Waals surface area contributed by atoms with Crippen LogP contribution in [0.1, 0.15) is 37.2 Å². The van der Waals surface area contributed by atoms with Crippen molar-refractivity contribution in [2.45, 2.75) is 46.6 Å². The molecule has 1 aromatic carbocycles. The first kappa shape index (κ1) is 20.0. The molecule has 0 atom stereocenters. The summed E-state index contributed by atoms with van der Waals surface area (Å²) in [4.78, 5) is 25.2. The Kier molecular flexibility index (Phi) is 6.42. The van der Waals surface area contributed by atoms with Crippen LogP contribution in [0.5, 0.6) is 0 Å². The Labute approximate surface area is 158 Å². The van der Waals surface area contributed by atoms with Crippen molar-refractivity contribution >= 4 is 23.5 Å². The van der Waals surface area contributed by atoms with Gasteiger partial charge >= 0.3 is 5.97 Å². The lowest BCUT2D eigenvalue weighted by Crippen LogP contribution is -2.39. The van der Waals surface area contributed by atoms with Gasteiger partial charge in [0.05, 0.1) is 24.2 Å². The summed E-state index contributed by atoms with van der Waals surface area (Å²) in [7, 11) is 0. The van der Waals surface area contributed by atoms with E-state index in [4.69, 9.17) is 16.7 Å². The van der Waals surface area contributed by atoms with Crippen LogP contribution < -0.4 is 0 Å². The number of hydrogen-bond donors (Lipinski definition) is 1. The van der Waals surface area contributed by atoms with Gasteiger partial charge < -0.3 is 10.0 Å². The van der Waals surface area contributed by atoms with Crippen molar-refractivity contribution in [2.24, 2.45) is 0 Å². The van der Waals surface area contributed by atoms with Gasteiger partial charge in [-0.1, -0.05) is 11.6 Å². The van der Waals surface area contributed by atoms with Crippen LogP contribution in [0.3, 0.4) is 0 Å². The molecule has 0 unspecified atom stereocenters. The fourth-order valence-corrected chi connectivity index (χ4v) is 3.03. The van der Waals surface area contributed by atoms with Gasteiger partial charge in [-0.15, -0.1) is 0 Å². The largest absolute Gasteiger partial charge is 0.481 e. The summed E-state index contributed by atoms with van der Waals surface area (Å²) in [5.41, 5.74) is 3.42. The third kappa shape index (κ3) is 4.64. The zero-order valence-corrected chi connectivity index (χ0v) is 16.2. The highest BCUT2D eigenvalue weighted by Crippen LogP contribution is 2.21. The van der Waals surface area contributed by atoms with Gasteiger partial charge in [-0.3, -0.25) is 9.59 Å². The molecule has 1 aromatic heterocycles. The van der Waals surface area contributed by atoms with E-state index in [2.05, 4.69) is 5.10 Å². The number of carboxylic acid groups (broad SMARTS) is 1. The topological polar surface area (TPSA) is 75.4 Å². The number of amides is 1. The number of nitrogens with zero attached hydrogens (tertiary/aromatic N) is 3. The van der Waals surface area contributed by atoms with E-state index < -0.39 is 5.97 Å². The van der Waals surface area contributed by atoms with Crippen molar-refractivity contribution in [1.82, 2.24) is 14.7 Å². The van der Waals surface area contributed by atoms with Crippen LogP contribution in [0.4, 0.5) is 0 Å². The van der Waals surface area contributed by atoms with E-state index in [0.717, 1.165) is 22.6 Å². The van der Waals surface area contributed by atoms with E-state index in [1.54, 1.807) is 21.7 Å². The van der Waals surface area contributed by atoms with Crippen molar-refractivity contribution in [1.29, 1.82) is 0 Å². The number of benzene rings is 1. The van der Waals surface area contributed by atoms with Gasteiger partial charge in [-0.2, -0.15) is 5.10 Å². The summed E-state index contributed by atoms with van der Waals surface area (Å²) in [5.74, 6) is -1.01. The number of carboxylic acids is 1. The normalized spacial score (nSPS) is 11.0. The molecule has 0 saturated heterocycles. The molecule has 0 spiro atoms. The molecule has 0 saturated carbocycles. The molecule has 2 aromatic rings. The van der Waals surface area contributed by atoms with E-state index >= 15 is 0 Å². The maximum atomic E-state index is 12.7. The number of aryl methyl sites for hydroxylation is 1. The van der Waals surface area contributed by atoms with Gasteiger partial charge in [-0.05, 0) is 52.0 Å². The zero-order valence-electron chi connectivity index (χ0n) is 15.5. The molecule has 1 amide bonds. The number of aliphatic carboxylic acids is 1. The molecule has 7 heteroatoms. The molecule has 0 aliphatic carbocycles. The van der Waals surface area contributed by atoms with Crippen LogP contribution >= 0.6 is 11.6 Å². The fraction of sp³-hybridized carbons (Fsp3) is 0.421. The van der Waals surface area contributed by atoms with Gasteiger partial charge in [0.15, 0.2) is 0 Å². The Bertz CT molecular complexity index is 797. The third-order valence-electron chi connectivity index (χ3n) is 4.35. The lowest BCUT2D eigenvalue weighted by molar-refractivity contribution is -0.139. The summed E-state index contributed by atoms with van der Waals surface area (Å²) in [6.07, 6.45) is 0.134. The summed E-state index contributed by atoms with van der Waals surface area (Å²) in [5, 5.41) is 14.1. The number of rotatable bonds is 7. The predicted octanol–water partition coefficient (Wildman–Crippen LogP) is 3.40. The van der Waals surface area contributed by atoms with E-state index in [-0.39, 0.29) is 31.3 Å².